The maximum Gasteiger partial charge on any atom is 0.273 e. The summed E-state index contributed by atoms with van der Waals surface area (Å²) in [5, 5.41) is 28.2. The van der Waals surface area contributed by atoms with Gasteiger partial charge in [0.2, 0.25) is 0 Å². The average molecular weight is 522 g/mol. The molecule has 0 spiro atoms. The van der Waals surface area contributed by atoms with Crippen molar-refractivity contribution in [2.45, 2.75) is 27.3 Å². The molecule has 1 amide bonds. The predicted molar refractivity (Wildman–Crippen MR) is 151 cm³/mol. The van der Waals surface area contributed by atoms with Crippen LogP contribution in [0.25, 0.3) is 10.9 Å². The topological polar surface area (TPSA) is 133 Å². The molecule has 9 nitrogen and oxygen atoms in total. The van der Waals surface area contributed by atoms with Gasteiger partial charge in [-0.05, 0) is 56.7 Å². The number of anilines is 1. The molecule has 4 N–H and O–H groups in total. The molecule has 0 saturated heterocycles. The van der Waals surface area contributed by atoms with Crippen LogP contribution in [0.3, 0.4) is 0 Å². The van der Waals surface area contributed by atoms with Crippen molar-refractivity contribution in [1.29, 1.82) is 0 Å². The van der Waals surface area contributed by atoms with Gasteiger partial charge in [-0.25, -0.2) is 0 Å². The molecule has 5 aromatic rings. The normalized spacial score (nSPS) is 11.4. The summed E-state index contributed by atoms with van der Waals surface area (Å²) in [6.45, 7) is 6.10. The summed E-state index contributed by atoms with van der Waals surface area (Å²) in [4.78, 5) is 33.4. The Morgan fingerprint density at radius 2 is 1.82 bits per heavy atom. The van der Waals surface area contributed by atoms with Gasteiger partial charge in [-0.2, -0.15) is 5.10 Å². The second-order valence-electron chi connectivity index (χ2n) is 9.23. The smallest absolute Gasteiger partial charge is 0.273 e. The highest BCUT2D eigenvalue weighted by molar-refractivity contribution is 6.13. The average Bonchev–Trinajstić information content (AvgIpc) is 3.46. The number of phenols is 1. The zero-order chi connectivity index (χ0) is 27.7. The van der Waals surface area contributed by atoms with E-state index in [1.165, 1.54) is 6.21 Å². The number of aromatic hydroxyl groups is 2. The van der Waals surface area contributed by atoms with Gasteiger partial charge in [0, 0.05) is 46.5 Å². The molecule has 39 heavy (non-hydrogen) atoms. The molecule has 2 aromatic heterocycles. The van der Waals surface area contributed by atoms with E-state index in [4.69, 9.17) is 0 Å². The van der Waals surface area contributed by atoms with Crippen molar-refractivity contribution in [2.75, 3.05) is 5.32 Å². The summed E-state index contributed by atoms with van der Waals surface area (Å²) in [6, 6.07) is 18.6. The highest BCUT2D eigenvalue weighted by Crippen LogP contribution is 2.29. The van der Waals surface area contributed by atoms with Crippen molar-refractivity contribution in [2.24, 2.45) is 4.99 Å². The molecule has 0 atom stereocenters. The zero-order valence-electron chi connectivity index (χ0n) is 21.7. The number of H-pyrrole nitrogens is 1. The minimum atomic E-state index is -0.305. The number of aromatic amines is 1. The number of fused-ring (bicyclic) bond motifs is 1. The van der Waals surface area contributed by atoms with Crippen LogP contribution in [0.4, 0.5) is 11.4 Å². The number of hydrogen-bond acceptors (Lipinski definition) is 6. The fraction of sp³-hybridized carbons (Fsp3) is 0.133. The number of nitrogens with zero attached hydrogens (tertiary/aromatic N) is 3. The van der Waals surface area contributed by atoms with Crippen molar-refractivity contribution < 1.29 is 19.8 Å². The van der Waals surface area contributed by atoms with Crippen LogP contribution >= 0.6 is 0 Å². The third kappa shape index (κ3) is 5.15. The van der Waals surface area contributed by atoms with Crippen molar-refractivity contribution in [3.63, 3.8) is 0 Å². The van der Waals surface area contributed by atoms with Gasteiger partial charge in [0.05, 0.1) is 16.9 Å². The first-order chi connectivity index (χ1) is 18.7. The molecule has 3 aromatic carbocycles. The first kappa shape index (κ1) is 25.5. The molecule has 0 radical (unpaired) electrons. The fourth-order valence-electron chi connectivity index (χ4n) is 4.36. The fourth-order valence-corrected chi connectivity index (χ4v) is 4.36. The number of amides is 1. The van der Waals surface area contributed by atoms with Crippen molar-refractivity contribution in [1.82, 2.24) is 14.8 Å². The minimum Gasteiger partial charge on any atom is -0.508 e. The first-order valence-electron chi connectivity index (χ1n) is 12.4. The van der Waals surface area contributed by atoms with Gasteiger partial charge in [0.25, 0.3) is 5.91 Å². The number of carbonyl (C=O) groups excluding carboxylic acids is 2. The Kier molecular flexibility index (Phi) is 6.72. The van der Waals surface area contributed by atoms with Crippen LogP contribution in [0.5, 0.6) is 11.6 Å². The summed E-state index contributed by atoms with van der Waals surface area (Å²) in [5.74, 6) is -0.481. The summed E-state index contributed by atoms with van der Waals surface area (Å²) in [7, 11) is 0. The molecule has 5 rings (SSSR count). The highest BCUT2D eigenvalue weighted by atomic mass is 16.3. The van der Waals surface area contributed by atoms with Gasteiger partial charge in [-0.1, -0.05) is 30.3 Å². The molecular formula is C30H27N5O4. The van der Waals surface area contributed by atoms with Crippen LogP contribution in [0.1, 0.15) is 50.2 Å². The number of ketones is 1. The number of aliphatic imine (C=N–C) groups is 1. The molecule has 0 saturated carbocycles. The Hall–Kier alpha value is -5.18. The lowest BCUT2D eigenvalue weighted by atomic mass is 10.0. The van der Waals surface area contributed by atoms with E-state index >= 15 is 0 Å². The number of aromatic nitrogens is 3. The predicted octanol–water partition coefficient (Wildman–Crippen LogP) is 5.65. The molecular weight excluding hydrogens is 494 g/mol. The lowest BCUT2D eigenvalue weighted by molar-refractivity contribution is 0.101. The number of phenolic OH excluding ortho intramolecular Hbond substituents is 1. The number of hydrogen-bond donors (Lipinski definition) is 4. The number of benzene rings is 3. The van der Waals surface area contributed by atoms with E-state index in [0.717, 1.165) is 11.3 Å². The van der Waals surface area contributed by atoms with Crippen LogP contribution in [0.2, 0.25) is 0 Å². The summed E-state index contributed by atoms with van der Waals surface area (Å²) < 4.78 is 1.63. The van der Waals surface area contributed by atoms with E-state index in [1.54, 1.807) is 78.3 Å². The lowest BCUT2D eigenvalue weighted by Crippen LogP contribution is -2.17. The minimum absolute atomic E-state index is 0.0825. The molecule has 0 unspecified atom stereocenters. The third-order valence-corrected chi connectivity index (χ3v) is 6.43. The maximum atomic E-state index is 13.3. The van der Waals surface area contributed by atoms with Gasteiger partial charge in [0.15, 0.2) is 11.7 Å². The van der Waals surface area contributed by atoms with E-state index in [1.807, 2.05) is 13.8 Å². The molecule has 2 heterocycles. The number of aryl methyl sites for hydroxylation is 3. The SMILES string of the molecule is CCn1nc(C)cc1C(=O)Nc1cccc(C(=O)c2ccc3c(C=Nc4ccc(C)c(O)c4)c(O)[nH]c3c2)c1. The van der Waals surface area contributed by atoms with Crippen LogP contribution in [0, 0.1) is 13.8 Å². The van der Waals surface area contributed by atoms with E-state index in [-0.39, 0.29) is 23.3 Å². The monoisotopic (exact) mass is 521 g/mol. The number of carbonyl (C=O) groups is 2. The number of rotatable bonds is 7. The van der Waals surface area contributed by atoms with E-state index in [9.17, 15) is 19.8 Å². The van der Waals surface area contributed by atoms with Crippen LogP contribution < -0.4 is 5.32 Å². The summed E-state index contributed by atoms with van der Waals surface area (Å²) in [6.07, 6.45) is 1.51. The molecule has 196 valence electrons. The molecule has 0 aliphatic heterocycles. The first-order valence-corrected chi connectivity index (χ1v) is 12.4. The van der Waals surface area contributed by atoms with Crippen molar-refractivity contribution >= 4 is 40.2 Å². The van der Waals surface area contributed by atoms with E-state index in [0.29, 0.717) is 51.2 Å². The van der Waals surface area contributed by atoms with Gasteiger partial charge >= 0.3 is 0 Å². The Bertz CT molecular complexity index is 1760. The lowest BCUT2D eigenvalue weighted by Gasteiger charge is -2.08. The second-order valence-corrected chi connectivity index (χ2v) is 9.23. The maximum absolute atomic E-state index is 13.3. The Balaban J connectivity index is 1.38. The Morgan fingerprint density at radius 1 is 1.03 bits per heavy atom. The van der Waals surface area contributed by atoms with Crippen LogP contribution in [0.15, 0.2) is 71.7 Å². The molecule has 9 heteroatoms. The van der Waals surface area contributed by atoms with E-state index < -0.39 is 0 Å². The van der Waals surface area contributed by atoms with Crippen molar-refractivity contribution in [3.05, 3.63) is 100 Å². The summed E-state index contributed by atoms with van der Waals surface area (Å²) >= 11 is 0. The van der Waals surface area contributed by atoms with Gasteiger partial charge in [-0.3, -0.25) is 19.3 Å². The second kappa shape index (κ2) is 10.3. The molecule has 0 fully saturated rings. The van der Waals surface area contributed by atoms with Crippen LogP contribution in [-0.2, 0) is 6.54 Å². The van der Waals surface area contributed by atoms with E-state index in [2.05, 4.69) is 20.4 Å². The van der Waals surface area contributed by atoms with Gasteiger partial charge < -0.3 is 20.5 Å². The Labute approximate surface area is 224 Å². The Morgan fingerprint density at radius 3 is 2.59 bits per heavy atom. The molecule has 0 aliphatic carbocycles. The van der Waals surface area contributed by atoms with Crippen molar-refractivity contribution in [3.8, 4) is 11.6 Å². The quantitative estimate of drug-likeness (QED) is 0.162. The standard InChI is InChI=1S/C30H27N5O4/c1-4-35-26(12-18(3)34-35)30(39)32-22-7-5-6-19(13-22)28(37)20-9-11-23-24(29(38)33-25(23)14-20)16-31-21-10-8-17(2)27(36)15-21/h5-16,33,36,38H,4H2,1-3H3,(H,32,39). The molecule has 0 aliphatic rings. The van der Waals surface area contributed by atoms with Gasteiger partial charge in [0.1, 0.15) is 11.4 Å². The van der Waals surface area contributed by atoms with Gasteiger partial charge in [-0.15, -0.1) is 0 Å². The number of nitrogens with one attached hydrogen (secondary N) is 2. The zero-order valence-corrected chi connectivity index (χ0v) is 21.7. The summed E-state index contributed by atoms with van der Waals surface area (Å²) in [5.41, 5.74) is 4.83. The largest absolute Gasteiger partial charge is 0.508 e. The third-order valence-electron chi connectivity index (χ3n) is 6.43. The van der Waals surface area contributed by atoms with Crippen LogP contribution in [-0.4, -0.2) is 42.9 Å². The molecule has 0 bridgehead atoms. The highest BCUT2D eigenvalue weighted by Gasteiger charge is 2.17.